The van der Waals surface area contributed by atoms with Gasteiger partial charge in [0.15, 0.2) is 11.9 Å². The molecule has 0 aliphatic rings. The molecule has 0 saturated carbocycles. The van der Waals surface area contributed by atoms with Crippen LogP contribution in [0.25, 0.3) is 0 Å². The van der Waals surface area contributed by atoms with Gasteiger partial charge in [0, 0.05) is 11.1 Å². The number of carboxylic acid groups (broad SMARTS) is 1. The number of carboxylic acids is 1. The SMILES string of the molecule is CC(Cl)C(=O)c1ccc(O)c(C(O)C(=O)O)c1. The van der Waals surface area contributed by atoms with Crippen LogP contribution in [0.3, 0.4) is 0 Å². The number of alkyl halides is 1. The number of halogens is 1. The summed E-state index contributed by atoms with van der Waals surface area (Å²) in [5, 5.41) is 26.6. The van der Waals surface area contributed by atoms with Crippen molar-refractivity contribution in [3.63, 3.8) is 0 Å². The van der Waals surface area contributed by atoms with Gasteiger partial charge in [-0.2, -0.15) is 0 Å². The van der Waals surface area contributed by atoms with Gasteiger partial charge in [-0.1, -0.05) is 0 Å². The lowest BCUT2D eigenvalue weighted by atomic mass is 10.0. The molecule has 1 aromatic rings. The number of ketones is 1. The molecular weight excluding hydrogens is 248 g/mol. The fourth-order valence-electron chi connectivity index (χ4n) is 1.29. The first kappa shape index (κ1) is 13.5. The Kier molecular flexibility index (Phi) is 4.09. The summed E-state index contributed by atoms with van der Waals surface area (Å²) in [6.07, 6.45) is -1.88. The van der Waals surface area contributed by atoms with Gasteiger partial charge in [0.05, 0.1) is 5.38 Å². The van der Waals surface area contributed by atoms with Crippen molar-refractivity contribution in [2.75, 3.05) is 0 Å². The van der Waals surface area contributed by atoms with E-state index in [1.165, 1.54) is 13.0 Å². The summed E-state index contributed by atoms with van der Waals surface area (Å²) in [4.78, 5) is 22.2. The summed E-state index contributed by atoms with van der Waals surface area (Å²) in [6, 6.07) is 3.58. The molecule has 0 radical (unpaired) electrons. The van der Waals surface area contributed by atoms with Gasteiger partial charge in [-0.25, -0.2) is 4.79 Å². The fraction of sp³-hybridized carbons (Fsp3) is 0.273. The molecule has 0 aromatic heterocycles. The molecule has 5 nitrogen and oxygen atoms in total. The molecular formula is C11H11ClO5. The third-order valence-electron chi connectivity index (χ3n) is 2.20. The molecule has 0 heterocycles. The number of hydrogen-bond acceptors (Lipinski definition) is 4. The summed E-state index contributed by atoms with van der Waals surface area (Å²) in [5.41, 5.74) is -0.0960. The Morgan fingerprint density at radius 1 is 1.35 bits per heavy atom. The van der Waals surface area contributed by atoms with Gasteiger partial charge in [-0.3, -0.25) is 4.79 Å². The van der Waals surface area contributed by atoms with Crippen molar-refractivity contribution in [1.82, 2.24) is 0 Å². The van der Waals surface area contributed by atoms with Crippen LogP contribution in [-0.2, 0) is 4.79 Å². The monoisotopic (exact) mass is 258 g/mol. The van der Waals surface area contributed by atoms with Crippen molar-refractivity contribution in [3.05, 3.63) is 29.3 Å². The number of aromatic hydroxyl groups is 1. The van der Waals surface area contributed by atoms with Crippen molar-refractivity contribution >= 4 is 23.4 Å². The molecule has 1 aromatic carbocycles. The van der Waals surface area contributed by atoms with Crippen LogP contribution in [0.15, 0.2) is 18.2 Å². The Bertz CT molecular complexity index is 455. The Balaban J connectivity index is 3.19. The molecule has 17 heavy (non-hydrogen) atoms. The van der Waals surface area contributed by atoms with Crippen molar-refractivity contribution in [2.45, 2.75) is 18.4 Å². The standard InChI is InChI=1S/C11H11ClO5/c1-5(12)9(14)6-2-3-8(13)7(4-6)10(15)11(16)17/h2-5,10,13,15H,1H3,(H,16,17). The highest BCUT2D eigenvalue weighted by Gasteiger charge is 2.22. The smallest absolute Gasteiger partial charge is 0.337 e. The highest BCUT2D eigenvalue weighted by molar-refractivity contribution is 6.33. The van der Waals surface area contributed by atoms with Crippen LogP contribution in [-0.4, -0.2) is 32.4 Å². The maximum atomic E-state index is 11.6. The van der Waals surface area contributed by atoms with E-state index in [9.17, 15) is 19.8 Å². The molecule has 6 heteroatoms. The average molecular weight is 259 g/mol. The van der Waals surface area contributed by atoms with E-state index in [1.54, 1.807) is 0 Å². The van der Waals surface area contributed by atoms with E-state index in [0.717, 1.165) is 12.1 Å². The molecule has 3 N–H and O–H groups in total. The first-order valence-corrected chi connectivity index (χ1v) is 5.20. The first-order chi connectivity index (χ1) is 7.84. The zero-order valence-corrected chi connectivity index (χ0v) is 9.68. The highest BCUT2D eigenvalue weighted by atomic mass is 35.5. The Morgan fingerprint density at radius 2 is 1.94 bits per heavy atom. The molecule has 0 saturated heterocycles. The number of carbonyl (C=O) groups excluding carboxylic acids is 1. The molecule has 1 rings (SSSR count). The number of aliphatic hydroxyl groups is 1. The van der Waals surface area contributed by atoms with E-state index in [4.69, 9.17) is 16.7 Å². The fourth-order valence-corrected chi connectivity index (χ4v) is 1.42. The van der Waals surface area contributed by atoms with Crippen LogP contribution in [0.5, 0.6) is 5.75 Å². The topological polar surface area (TPSA) is 94.8 Å². The number of carbonyl (C=O) groups is 2. The van der Waals surface area contributed by atoms with Crippen LogP contribution in [0.2, 0.25) is 0 Å². The number of phenols is 1. The van der Waals surface area contributed by atoms with E-state index in [-0.39, 0.29) is 11.1 Å². The Morgan fingerprint density at radius 3 is 2.41 bits per heavy atom. The molecule has 0 fully saturated rings. The van der Waals surface area contributed by atoms with Gasteiger partial charge in [-0.15, -0.1) is 11.6 Å². The first-order valence-electron chi connectivity index (χ1n) is 4.76. The highest BCUT2D eigenvalue weighted by Crippen LogP contribution is 2.26. The van der Waals surface area contributed by atoms with E-state index >= 15 is 0 Å². The Hall–Kier alpha value is -1.59. The van der Waals surface area contributed by atoms with Gasteiger partial charge >= 0.3 is 5.97 Å². The van der Waals surface area contributed by atoms with Crippen molar-refractivity contribution in [2.24, 2.45) is 0 Å². The molecule has 0 bridgehead atoms. The number of aliphatic hydroxyl groups excluding tert-OH is 1. The van der Waals surface area contributed by atoms with Crippen LogP contribution in [0, 0.1) is 0 Å². The van der Waals surface area contributed by atoms with Crippen molar-refractivity contribution in [3.8, 4) is 5.75 Å². The van der Waals surface area contributed by atoms with Crippen LogP contribution < -0.4 is 0 Å². The number of benzene rings is 1. The van der Waals surface area contributed by atoms with E-state index in [2.05, 4.69) is 0 Å². The normalized spacial score (nSPS) is 14.1. The molecule has 2 atom stereocenters. The largest absolute Gasteiger partial charge is 0.508 e. The van der Waals surface area contributed by atoms with E-state index in [0.29, 0.717) is 0 Å². The molecule has 2 unspecified atom stereocenters. The summed E-state index contributed by atoms with van der Waals surface area (Å²) in [7, 11) is 0. The predicted octanol–water partition coefficient (Wildman–Crippen LogP) is 1.32. The van der Waals surface area contributed by atoms with E-state index in [1.807, 2.05) is 0 Å². The minimum Gasteiger partial charge on any atom is -0.508 e. The second-order valence-electron chi connectivity index (χ2n) is 3.49. The van der Waals surface area contributed by atoms with Crippen molar-refractivity contribution < 1.29 is 24.9 Å². The summed E-state index contributed by atoms with van der Waals surface area (Å²) < 4.78 is 0. The lowest BCUT2D eigenvalue weighted by Gasteiger charge is -2.10. The third-order valence-corrected chi connectivity index (χ3v) is 2.40. The summed E-state index contributed by atoms with van der Waals surface area (Å²) in [5.74, 6) is -2.31. The molecule has 0 aliphatic heterocycles. The third kappa shape index (κ3) is 2.95. The second kappa shape index (κ2) is 5.16. The lowest BCUT2D eigenvalue weighted by Crippen LogP contribution is -2.14. The average Bonchev–Trinajstić information content (AvgIpc) is 2.27. The molecule has 0 amide bonds. The maximum Gasteiger partial charge on any atom is 0.337 e. The van der Waals surface area contributed by atoms with Crippen LogP contribution in [0.1, 0.15) is 28.9 Å². The van der Waals surface area contributed by atoms with Gasteiger partial charge in [0.1, 0.15) is 5.75 Å². The quantitative estimate of drug-likeness (QED) is 0.559. The van der Waals surface area contributed by atoms with Crippen LogP contribution in [0.4, 0.5) is 0 Å². The van der Waals surface area contributed by atoms with Gasteiger partial charge in [0.25, 0.3) is 0 Å². The number of phenolic OH excluding ortho intramolecular Hbond substituents is 1. The number of Topliss-reactive ketones (excluding diaryl/α,β-unsaturated/α-hetero) is 1. The number of hydrogen-bond donors (Lipinski definition) is 3. The van der Waals surface area contributed by atoms with Gasteiger partial charge in [0.2, 0.25) is 0 Å². The lowest BCUT2D eigenvalue weighted by molar-refractivity contribution is -0.147. The second-order valence-corrected chi connectivity index (χ2v) is 4.15. The van der Waals surface area contributed by atoms with Crippen molar-refractivity contribution in [1.29, 1.82) is 0 Å². The Labute approximate surface area is 102 Å². The zero-order chi connectivity index (χ0) is 13.2. The summed E-state index contributed by atoms with van der Waals surface area (Å²) >= 11 is 5.61. The van der Waals surface area contributed by atoms with Crippen LogP contribution >= 0.6 is 11.6 Å². The summed E-state index contributed by atoms with van der Waals surface area (Å²) in [6.45, 7) is 1.48. The maximum absolute atomic E-state index is 11.6. The minimum atomic E-state index is -1.88. The van der Waals surface area contributed by atoms with E-state index < -0.39 is 29.0 Å². The number of aliphatic carboxylic acids is 1. The van der Waals surface area contributed by atoms with Gasteiger partial charge in [-0.05, 0) is 25.1 Å². The van der Waals surface area contributed by atoms with Gasteiger partial charge < -0.3 is 15.3 Å². The zero-order valence-electron chi connectivity index (χ0n) is 8.92. The molecule has 0 spiro atoms. The number of rotatable bonds is 4. The molecule has 0 aliphatic carbocycles. The minimum absolute atomic E-state index is 0.139. The molecule has 92 valence electrons. The predicted molar refractivity (Wildman–Crippen MR) is 60.3 cm³/mol.